The molecule has 0 spiro atoms. The number of aryl methyl sites for hydroxylation is 1. The fraction of sp³-hybridized carbons (Fsp3) is 0.667. The molecule has 1 unspecified atom stereocenters. The van der Waals surface area contributed by atoms with Crippen LogP contribution >= 0.6 is 0 Å². The lowest BCUT2D eigenvalue weighted by atomic mass is 9.80. The van der Waals surface area contributed by atoms with Gasteiger partial charge in [0, 0.05) is 12.5 Å². The zero-order valence-electron chi connectivity index (χ0n) is 9.11. The van der Waals surface area contributed by atoms with E-state index < -0.39 is 0 Å². The Morgan fingerprint density at radius 1 is 1.53 bits per heavy atom. The average molecular weight is 208 g/mol. The van der Waals surface area contributed by atoms with Crippen LogP contribution in [0, 0.1) is 5.92 Å². The normalized spacial score (nSPS) is 18.7. The largest absolute Gasteiger partial charge is 0.469 e. The van der Waals surface area contributed by atoms with Crippen LogP contribution in [-0.4, -0.2) is 6.04 Å². The van der Waals surface area contributed by atoms with E-state index in [0.717, 1.165) is 24.5 Å². The van der Waals surface area contributed by atoms with E-state index in [4.69, 9.17) is 10.3 Å². The summed E-state index contributed by atoms with van der Waals surface area (Å²) in [6.07, 6.45) is 9.18. The summed E-state index contributed by atoms with van der Waals surface area (Å²) in [5, 5.41) is 0. The van der Waals surface area contributed by atoms with Crippen molar-refractivity contribution in [2.24, 2.45) is 11.8 Å². The topological polar surface area (TPSA) is 51.2 Å². The highest BCUT2D eigenvalue weighted by Crippen LogP contribution is 2.31. The summed E-state index contributed by atoms with van der Waals surface area (Å²) in [6.45, 7) is 0. The summed E-state index contributed by atoms with van der Waals surface area (Å²) >= 11 is 0. The summed E-state index contributed by atoms with van der Waals surface area (Å²) in [4.78, 5) is 0. The van der Waals surface area contributed by atoms with E-state index in [1.165, 1.54) is 25.7 Å². The molecule has 0 radical (unpaired) electrons. The van der Waals surface area contributed by atoms with Gasteiger partial charge in [0.2, 0.25) is 0 Å². The average Bonchev–Trinajstić information content (AvgIpc) is 2.68. The molecule has 1 aliphatic rings. The number of nitrogens with two attached hydrogens (primary N) is 1. The Morgan fingerprint density at radius 3 is 2.93 bits per heavy atom. The van der Waals surface area contributed by atoms with Gasteiger partial charge in [-0.2, -0.15) is 0 Å². The second-order valence-corrected chi connectivity index (χ2v) is 4.51. The van der Waals surface area contributed by atoms with Gasteiger partial charge >= 0.3 is 0 Å². The quantitative estimate of drug-likeness (QED) is 0.557. The van der Waals surface area contributed by atoms with Crippen LogP contribution in [0.1, 0.15) is 37.9 Å². The molecule has 15 heavy (non-hydrogen) atoms. The molecule has 1 aromatic rings. The molecule has 1 fully saturated rings. The van der Waals surface area contributed by atoms with E-state index in [1.807, 2.05) is 12.1 Å². The second kappa shape index (κ2) is 5.33. The summed E-state index contributed by atoms with van der Waals surface area (Å²) in [5.74, 6) is 7.52. The van der Waals surface area contributed by atoms with Crippen LogP contribution in [0.2, 0.25) is 0 Å². The summed E-state index contributed by atoms with van der Waals surface area (Å²) in [7, 11) is 0. The molecule has 1 atom stereocenters. The maximum Gasteiger partial charge on any atom is 0.103 e. The van der Waals surface area contributed by atoms with Gasteiger partial charge in [0.1, 0.15) is 5.76 Å². The van der Waals surface area contributed by atoms with Gasteiger partial charge in [-0.1, -0.05) is 19.3 Å². The maximum absolute atomic E-state index is 5.56. The third-order valence-electron chi connectivity index (χ3n) is 3.40. The van der Waals surface area contributed by atoms with Gasteiger partial charge in [0.05, 0.1) is 6.26 Å². The first-order valence-corrected chi connectivity index (χ1v) is 5.87. The monoisotopic (exact) mass is 208 g/mol. The van der Waals surface area contributed by atoms with Crippen molar-refractivity contribution in [3.8, 4) is 0 Å². The lowest BCUT2D eigenvalue weighted by molar-refractivity contribution is 0.253. The van der Waals surface area contributed by atoms with E-state index in [-0.39, 0.29) is 0 Å². The molecular weight excluding hydrogens is 188 g/mol. The van der Waals surface area contributed by atoms with Crippen LogP contribution in [0.4, 0.5) is 0 Å². The Kier molecular flexibility index (Phi) is 3.80. The van der Waals surface area contributed by atoms with Crippen LogP contribution in [0.15, 0.2) is 22.8 Å². The molecule has 1 aliphatic carbocycles. The third-order valence-corrected chi connectivity index (χ3v) is 3.40. The number of hydrogen-bond acceptors (Lipinski definition) is 3. The third kappa shape index (κ3) is 3.08. The predicted octanol–water partition coefficient (Wildman–Crippen LogP) is 2.23. The predicted molar refractivity (Wildman–Crippen MR) is 60.1 cm³/mol. The molecule has 0 saturated heterocycles. The summed E-state index contributed by atoms with van der Waals surface area (Å²) < 4.78 is 5.31. The van der Waals surface area contributed by atoms with Gasteiger partial charge in [-0.05, 0) is 30.9 Å². The van der Waals surface area contributed by atoms with Crippen LogP contribution < -0.4 is 11.3 Å². The van der Waals surface area contributed by atoms with Crippen molar-refractivity contribution in [1.29, 1.82) is 0 Å². The van der Waals surface area contributed by atoms with Crippen LogP contribution in [0.25, 0.3) is 0 Å². The summed E-state index contributed by atoms with van der Waals surface area (Å²) in [5.41, 5.74) is 2.92. The van der Waals surface area contributed by atoms with Crippen molar-refractivity contribution in [2.45, 2.75) is 44.6 Å². The van der Waals surface area contributed by atoms with Gasteiger partial charge in [-0.3, -0.25) is 11.3 Å². The standard InChI is InChI=1S/C12H20N2O/c13-14-11(9-10-3-1-4-10)6-7-12-5-2-8-15-12/h2,5,8,10-11,14H,1,3-4,6-7,9,13H2. The maximum atomic E-state index is 5.56. The minimum atomic E-state index is 0.445. The minimum absolute atomic E-state index is 0.445. The first-order chi connectivity index (χ1) is 7.38. The number of hydrogen-bond donors (Lipinski definition) is 2. The van der Waals surface area contributed by atoms with E-state index in [1.54, 1.807) is 6.26 Å². The molecule has 3 heteroatoms. The molecule has 0 bridgehead atoms. The van der Waals surface area contributed by atoms with E-state index >= 15 is 0 Å². The molecule has 1 aromatic heterocycles. The lowest BCUT2D eigenvalue weighted by Gasteiger charge is -2.29. The number of rotatable bonds is 6. The lowest BCUT2D eigenvalue weighted by Crippen LogP contribution is -2.38. The Balaban J connectivity index is 1.70. The Labute approximate surface area is 91.0 Å². The molecule has 3 nitrogen and oxygen atoms in total. The summed E-state index contributed by atoms with van der Waals surface area (Å²) in [6, 6.07) is 4.41. The Hall–Kier alpha value is -0.800. The fourth-order valence-corrected chi connectivity index (χ4v) is 2.17. The van der Waals surface area contributed by atoms with Crippen molar-refractivity contribution in [2.75, 3.05) is 0 Å². The zero-order chi connectivity index (χ0) is 10.5. The first-order valence-electron chi connectivity index (χ1n) is 5.87. The molecule has 1 saturated carbocycles. The Bertz CT molecular complexity index is 267. The van der Waals surface area contributed by atoms with Crippen molar-refractivity contribution >= 4 is 0 Å². The SMILES string of the molecule is NNC(CCc1ccco1)CC1CCC1. The molecule has 1 heterocycles. The zero-order valence-corrected chi connectivity index (χ0v) is 9.11. The Morgan fingerprint density at radius 2 is 2.40 bits per heavy atom. The van der Waals surface area contributed by atoms with Gasteiger partial charge in [-0.15, -0.1) is 0 Å². The van der Waals surface area contributed by atoms with Crippen molar-refractivity contribution in [3.05, 3.63) is 24.2 Å². The van der Waals surface area contributed by atoms with E-state index in [0.29, 0.717) is 6.04 Å². The molecular formula is C12H20N2O. The molecule has 3 N–H and O–H groups in total. The van der Waals surface area contributed by atoms with Gasteiger partial charge in [0.15, 0.2) is 0 Å². The van der Waals surface area contributed by atoms with E-state index in [2.05, 4.69) is 5.43 Å². The van der Waals surface area contributed by atoms with Crippen LogP contribution in [-0.2, 0) is 6.42 Å². The molecule has 0 amide bonds. The van der Waals surface area contributed by atoms with Crippen molar-refractivity contribution < 1.29 is 4.42 Å². The number of nitrogens with one attached hydrogen (secondary N) is 1. The second-order valence-electron chi connectivity index (χ2n) is 4.51. The number of hydrazine groups is 1. The molecule has 0 aromatic carbocycles. The van der Waals surface area contributed by atoms with Gasteiger partial charge in [-0.25, -0.2) is 0 Å². The smallest absolute Gasteiger partial charge is 0.103 e. The van der Waals surface area contributed by atoms with Crippen molar-refractivity contribution in [1.82, 2.24) is 5.43 Å². The van der Waals surface area contributed by atoms with Crippen molar-refractivity contribution in [3.63, 3.8) is 0 Å². The minimum Gasteiger partial charge on any atom is -0.469 e. The van der Waals surface area contributed by atoms with E-state index in [9.17, 15) is 0 Å². The highest BCUT2D eigenvalue weighted by Gasteiger charge is 2.21. The van der Waals surface area contributed by atoms with Crippen LogP contribution in [0.5, 0.6) is 0 Å². The molecule has 84 valence electrons. The van der Waals surface area contributed by atoms with Gasteiger partial charge in [0.25, 0.3) is 0 Å². The highest BCUT2D eigenvalue weighted by molar-refractivity contribution is 4.98. The molecule has 2 rings (SSSR count). The highest BCUT2D eigenvalue weighted by atomic mass is 16.3. The molecule has 0 aliphatic heterocycles. The fourth-order valence-electron chi connectivity index (χ4n) is 2.17. The van der Waals surface area contributed by atoms with Gasteiger partial charge < -0.3 is 4.42 Å². The number of furan rings is 1. The first kappa shape index (κ1) is 10.7. The van der Waals surface area contributed by atoms with Crippen LogP contribution in [0.3, 0.4) is 0 Å².